The van der Waals surface area contributed by atoms with Crippen LogP contribution in [-0.2, 0) is 11.3 Å². The largest absolute Gasteiger partial charge is 0.454 e. The predicted octanol–water partition coefficient (Wildman–Crippen LogP) is 2.90. The molecule has 3 rings (SSSR count). The summed E-state index contributed by atoms with van der Waals surface area (Å²) < 4.78 is 10.6. The van der Waals surface area contributed by atoms with Gasteiger partial charge in [0, 0.05) is 19.5 Å². The van der Waals surface area contributed by atoms with Crippen LogP contribution in [0.3, 0.4) is 0 Å². The van der Waals surface area contributed by atoms with Gasteiger partial charge in [0.2, 0.25) is 12.7 Å². The van der Waals surface area contributed by atoms with Crippen LogP contribution >= 0.6 is 0 Å². The Kier molecular flexibility index (Phi) is 6.13. The molecule has 0 aromatic heterocycles. The van der Waals surface area contributed by atoms with Crippen LogP contribution in [-0.4, -0.2) is 25.8 Å². The number of fused-ring (bicyclic) bond motifs is 1. The van der Waals surface area contributed by atoms with E-state index in [-0.39, 0.29) is 12.7 Å². The fourth-order valence-electron chi connectivity index (χ4n) is 3.05. The number of hydrogen-bond acceptors (Lipinski definition) is 4. The summed E-state index contributed by atoms with van der Waals surface area (Å²) in [7, 11) is 0. The third kappa shape index (κ3) is 4.99. The Bertz CT molecular complexity index is 598. The second-order valence-corrected chi connectivity index (χ2v) is 6.32. The fraction of sp³-hybridized carbons (Fsp3) is 0.526. The minimum Gasteiger partial charge on any atom is -0.454 e. The van der Waals surface area contributed by atoms with Gasteiger partial charge in [0.05, 0.1) is 0 Å². The third-order valence-electron chi connectivity index (χ3n) is 4.46. The van der Waals surface area contributed by atoms with Crippen LogP contribution < -0.4 is 20.1 Å². The van der Waals surface area contributed by atoms with Crippen LogP contribution in [0.15, 0.2) is 29.8 Å². The van der Waals surface area contributed by atoms with Crippen molar-refractivity contribution in [3.63, 3.8) is 0 Å². The first-order chi connectivity index (χ1) is 11.8. The lowest BCUT2D eigenvalue weighted by Crippen LogP contribution is -2.27. The zero-order valence-corrected chi connectivity index (χ0v) is 14.1. The summed E-state index contributed by atoms with van der Waals surface area (Å²) in [5.74, 6) is 1.58. The van der Waals surface area contributed by atoms with E-state index in [0.29, 0.717) is 13.0 Å². The van der Waals surface area contributed by atoms with Crippen LogP contribution in [0.2, 0.25) is 0 Å². The average molecular weight is 330 g/mol. The van der Waals surface area contributed by atoms with Gasteiger partial charge in [-0.2, -0.15) is 0 Å². The van der Waals surface area contributed by atoms with Crippen molar-refractivity contribution in [1.82, 2.24) is 10.6 Å². The highest BCUT2D eigenvalue weighted by atomic mass is 16.7. The molecule has 0 bridgehead atoms. The molecule has 1 heterocycles. The highest BCUT2D eigenvalue weighted by molar-refractivity contribution is 5.76. The van der Waals surface area contributed by atoms with E-state index >= 15 is 0 Å². The van der Waals surface area contributed by atoms with Crippen LogP contribution in [0.5, 0.6) is 11.5 Å². The molecule has 0 atom stereocenters. The molecular formula is C19H26N2O3. The molecule has 1 aromatic rings. The molecule has 0 radical (unpaired) electrons. The number of allylic oxidation sites excluding steroid dienone is 1. The summed E-state index contributed by atoms with van der Waals surface area (Å²) in [5, 5.41) is 6.30. The number of rotatable bonds is 8. The van der Waals surface area contributed by atoms with Gasteiger partial charge >= 0.3 is 0 Å². The van der Waals surface area contributed by atoms with Gasteiger partial charge in [-0.15, -0.1) is 0 Å². The van der Waals surface area contributed by atoms with Crippen molar-refractivity contribution >= 4 is 5.91 Å². The van der Waals surface area contributed by atoms with Crippen molar-refractivity contribution in [3.8, 4) is 11.5 Å². The third-order valence-corrected chi connectivity index (χ3v) is 4.46. The quantitative estimate of drug-likeness (QED) is 0.568. The smallest absolute Gasteiger partial charge is 0.231 e. The summed E-state index contributed by atoms with van der Waals surface area (Å²) in [6.45, 7) is 2.47. The number of nitrogens with one attached hydrogen (secondary N) is 2. The Morgan fingerprint density at radius 1 is 1.12 bits per heavy atom. The van der Waals surface area contributed by atoms with Gasteiger partial charge in [-0.1, -0.05) is 17.7 Å². The van der Waals surface area contributed by atoms with Crippen LogP contribution in [0.25, 0.3) is 0 Å². The zero-order valence-electron chi connectivity index (χ0n) is 14.1. The van der Waals surface area contributed by atoms with E-state index in [9.17, 15) is 4.79 Å². The van der Waals surface area contributed by atoms with E-state index in [1.807, 2.05) is 18.2 Å². The summed E-state index contributed by atoms with van der Waals surface area (Å²) in [4.78, 5) is 11.9. The molecule has 0 fully saturated rings. The molecule has 1 aromatic carbocycles. The second kappa shape index (κ2) is 8.73. The molecule has 1 aliphatic heterocycles. The van der Waals surface area contributed by atoms with Gasteiger partial charge in [-0.05, 0) is 56.3 Å². The van der Waals surface area contributed by atoms with Crippen molar-refractivity contribution in [2.45, 2.75) is 45.1 Å². The molecule has 0 saturated carbocycles. The number of carbonyl (C=O) groups excluding carboxylic acids is 1. The van der Waals surface area contributed by atoms with Gasteiger partial charge in [0.25, 0.3) is 0 Å². The maximum absolute atomic E-state index is 11.9. The lowest BCUT2D eigenvalue weighted by Gasteiger charge is -2.13. The van der Waals surface area contributed by atoms with Crippen LogP contribution in [0.4, 0.5) is 0 Å². The molecular weight excluding hydrogens is 304 g/mol. The molecule has 2 aliphatic rings. The summed E-state index contributed by atoms with van der Waals surface area (Å²) in [6, 6.07) is 5.74. The number of amides is 1. The van der Waals surface area contributed by atoms with E-state index < -0.39 is 0 Å². The Hall–Kier alpha value is -2.01. The number of benzene rings is 1. The maximum atomic E-state index is 11.9. The SMILES string of the molecule is O=C(CCNCCC1=CCCCC1)NCc1ccc2c(c1)OCO2. The number of hydrogen-bond donors (Lipinski definition) is 2. The maximum Gasteiger partial charge on any atom is 0.231 e. The Morgan fingerprint density at radius 3 is 2.92 bits per heavy atom. The molecule has 0 unspecified atom stereocenters. The first kappa shape index (κ1) is 16.8. The lowest BCUT2D eigenvalue weighted by atomic mass is 9.97. The number of carbonyl (C=O) groups is 1. The van der Waals surface area contributed by atoms with Gasteiger partial charge in [0.1, 0.15) is 0 Å². The van der Waals surface area contributed by atoms with E-state index in [2.05, 4.69) is 16.7 Å². The van der Waals surface area contributed by atoms with E-state index in [1.165, 1.54) is 25.7 Å². The predicted molar refractivity (Wildman–Crippen MR) is 93.1 cm³/mol. The molecule has 1 amide bonds. The Morgan fingerprint density at radius 2 is 2.04 bits per heavy atom. The van der Waals surface area contributed by atoms with Crippen molar-refractivity contribution < 1.29 is 14.3 Å². The van der Waals surface area contributed by atoms with Gasteiger partial charge in [0.15, 0.2) is 11.5 Å². The molecule has 0 spiro atoms. The molecule has 2 N–H and O–H groups in total. The zero-order chi connectivity index (χ0) is 16.6. The lowest BCUT2D eigenvalue weighted by molar-refractivity contribution is -0.121. The fourth-order valence-corrected chi connectivity index (χ4v) is 3.05. The van der Waals surface area contributed by atoms with E-state index in [1.54, 1.807) is 5.57 Å². The van der Waals surface area contributed by atoms with Crippen molar-refractivity contribution in [1.29, 1.82) is 0 Å². The normalized spacial score (nSPS) is 15.9. The number of ether oxygens (including phenoxy) is 2. The Labute approximate surface area is 143 Å². The molecule has 5 heteroatoms. The van der Waals surface area contributed by atoms with Crippen molar-refractivity contribution in [2.75, 3.05) is 19.9 Å². The first-order valence-electron chi connectivity index (χ1n) is 8.85. The minimum atomic E-state index is 0.0667. The molecule has 24 heavy (non-hydrogen) atoms. The average Bonchev–Trinajstić information content (AvgIpc) is 3.08. The summed E-state index contributed by atoms with van der Waals surface area (Å²) in [5.41, 5.74) is 2.59. The van der Waals surface area contributed by atoms with Crippen molar-refractivity contribution in [3.05, 3.63) is 35.4 Å². The second-order valence-electron chi connectivity index (χ2n) is 6.32. The van der Waals surface area contributed by atoms with Crippen LogP contribution in [0.1, 0.15) is 44.1 Å². The van der Waals surface area contributed by atoms with Gasteiger partial charge in [-0.3, -0.25) is 4.79 Å². The van der Waals surface area contributed by atoms with E-state index in [4.69, 9.17) is 9.47 Å². The summed E-state index contributed by atoms with van der Waals surface area (Å²) in [6.07, 6.45) is 9.13. The standard InChI is InChI=1S/C19H26N2O3/c22-19(9-11-20-10-8-15-4-2-1-3-5-15)21-13-16-6-7-17-18(12-16)24-14-23-17/h4,6-7,12,20H,1-3,5,8-11,13-14H2,(H,21,22). The first-order valence-corrected chi connectivity index (χ1v) is 8.85. The molecule has 1 aliphatic carbocycles. The van der Waals surface area contributed by atoms with Crippen LogP contribution in [0, 0.1) is 0 Å². The molecule has 5 nitrogen and oxygen atoms in total. The topological polar surface area (TPSA) is 59.6 Å². The molecule has 130 valence electrons. The van der Waals surface area contributed by atoms with E-state index in [0.717, 1.165) is 36.6 Å². The minimum absolute atomic E-state index is 0.0667. The molecule has 0 saturated heterocycles. The summed E-state index contributed by atoms with van der Waals surface area (Å²) >= 11 is 0. The monoisotopic (exact) mass is 330 g/mol. The van der Waals surface area contributed by atoms with Gasteiger partial charge < -0.3 is 20.1 Å². The van der Waals surface area contributed by atoms with Crippen molar-refractivity contribution in [2.24, 2.45) is 0 Å². The highest BCUT2D eigenvalue weighted by Crippen LogP contribution is 2.32. The Balaban J connectivity index is 1.28. The van der Waals surface area contributed by atoms with Gasteiger partial charge in [-0.25, -0.2) is 0 Å². The highest BCUT2D eigenvalue weighted by Gasteiger charge is 2.13.